The van der Waals surface area contributed by atoms with Crippen molar-refractivity contribution in [1.29, 1.82) is 5.26 Å². The summed E-state index contributed by atoms with van der Waals surface area (Å²) >= 11 is 0. The summed E-state index contributed by atoms with van der Waals surface area (Å²) in [5.74, 6) is 1.67. The average Bonchev–Trinajstić information content (AvgIpc) is 3.30. The van der Waals surface area contributed by atoms with E-state index in [1.165, 1.54) is 16.8 Å². The van der Waals surface area contributed by atoms with Crippen molar-refractivity contribution in [3.63, 3.8) is 0 Å². The molecule has 5 rings (SSSR count). The van der Waals surface area contributed by atoms with Crippen LogP contribution in [0.2, 0.25) is 0 Å². The summed E-state index contributed by atoms with van der Waals surface area (Å²) in [6.45, 7) is 7.40. The molecule has 2 aromatic heterocycles. The van der Waals surface area contributed by atoms with Crippen LogP contribution >= 0.6 is 0 Å². The smallest absolute Gasteiger partial charge is 0.157 e. The molecule has 0 N–H and O–H groups in total. The van der Waals surface area contributed by atoms with Crippen molar-refractivity contribution >= 4 is 28.2 Å². The Morgan fingerprint density at radius 1 is 1.07 bits per heavy atom. The third kappa shape index (κ3) is 2.26. The Kier molecular flexibility index (Phi) is 3.67. The van der Waals surface area contributed by atoms with Crippen LogP contribution in [-0.2, 0) is 6.42 Å². The third-order valence-corrected chi connectivity index (χ3v) is 5.92. The van der Waals surface area contributed by atoms with E-state index in [2.05, 4.69) is 66.5 Å². The number of nitriles is 1. The molecule has 1 aliphatic rings. The van der Waals surface area contributed by atoms with Crippen LogP contribution in [0.15, 0.2) is 48.5 Å². The Morgan fingerprint density at radius 2 is 1.82 bits per heavy atom. The lowest BCUT2D eigenvalue weighted by molar-refractivity contribution is 0.865. The van der Waals surface area contributed by atoms with E-state index in [9.17, 15) is 5.26 Å². The molecule has 0 spiro atoms. The van der Waals surface area contributed by atoms with Crippen LogP contribution in [-0.4, -0.2) is 15.9 Å². The molecular formula is C24H22N4. The number of hydrogen-bond acceptors (Lipinski definition) is 3. The first-order chi connectivity index (χ1) is 13.6. The van der Waals surface area contributed by atoms with Gasteiger partial charge in [0.25, 0.3) is 0 Å². The predicted molar refractivity (Wildman–Crippen MR) is 113 cm³/mol. The van der Waals surface area contributed by atoms with Gasteiger partial charge in [0, 0.05) is 12.2 Å². The largest absolute Gasteiger partial charge is 0.327 e. The van der Waals surface area contributed by atoms with Crippen LogP contribution in [0.25, 0.3) is 16.7 Å². The van der Waals surface area contributed by atoms with Crippen LogP contribution in [0.5, 0.6) is 0 Å². The summed E-state index contributed by atoms with van der Waals surface area (Å²) in [4.78, 5) is 7.17. The first-order valence-corrected chi connectivity index (χ1v) is 9.80. The fourth-order valence-electron chi connectivity index (χ4n) is 4.37. The fourth-order valence-corrected chi connectivity index (χ4v) is 4.37. The highest BCUT2D eigenvalue weighted by atomic mass is 15.3. The van der Waals surface area contributed by atoms with Crippen molar-refractivity contribution in [3.05, 3.63) is 70.8 Å². The lowest BCUT2D eigenvalue weighted by Crippen LogP contribution is -2.16. The number of nitrogens with zero attached hydrogens (tertiary/aromatic N) is 4. The normalized spacial score (nSPS) is 13.5. The van der Waals surface area contributed by atoms with Gasteiger partial charge in [0.2, 0.25) is 0 Å². The lowest BCUT2D eigenvalue weighted by atomic mass is 10.0. The van der Waals surface area contributed by atoms with Crippen molar-refractivity contribution in [2.24, 2.45) is 0 Å². The average molecular weight is 366 g/mol. The summed E-state index contributed by atoms with van der Waals surface area (Å²) in [6.07, 6.45) is 0.935. The highest BCUT2D eigenvalue weighted by Crippen LogP contribution is 2.40. The Balaban J connectivity index is 1.81. The number of aromatic nitrogens is 2. The van der Waals surface area contributed by atoms with E-state index in [1.807, 2.05) is 18.2 Å². The third-order valence-electron chi connectivity index (χ3n) is 5.92. The summed E-state index contributed by atoms with van der Waals surface area (Å²) in [6, 6.07) is 19.4. The number of pyridine rings is 1. The fraction of sp³-hybridized carbons (Fsp3) is 0.250. The molecule has 0 bridgehead atoms. The second-order valence-electron chi connectivity index (χ2n) is 7.82. The number of imidazole rings is 1. The van der Waals surface area contributed by atoms with Crippen molar-refractivity contribution in [2.45, 2.75) is 33.1 Å². The second-order valence-corrected chi connectivity index (χ2v) is 7.82. The van der Waals surface area contributed by atoms with Crippen molar-refractivity contribution in [2.75, 3.05) is 11.4 Å². The lowest BCUT2D eigenvalue weighted by Gasteiger charge is -2.22. The van der Waals surface area contributed by atoms with E-state index in [1.54, 1.807) is 0 Å². The summed E-state index contributed by atoms with van der Waals surface area (Å²) in [5.41, 5.74) is 8.26. The molecule has 0 amide bonds. The van der Waals surface area contributed by atoms with Gasteiger partial charge in [-0.05, 0) is 60.2 Å². The first kappa shape index (κ1) is 16.8. The second kappa shape index (κ2) is 6.10. The predicted octanol–water partition coefficient (Wildman–Crippen LogP) is 5.49. The number of hydrogen-bond donors (Lipinski definition) is 0. The topological polar surface area (TPSA) is 44.3 Å². The molecule has 28 heavy (non-hydrogen) atoms. The molecule has 138 valence electrons. The number of fused-ring (bicyclic) bond motifs is 5. The minimum Gasteiger partial charge on any atom is -0.327 e. The summed E-state index contributed by atoms with van der Waals surface area (Å²) < 4.78 is 2.18. The standard InChI is InChI=1S/C24H22N4/c1-15(2)17-8-10-18(11-9-17)27-13-12-19-16(3)20(14-25)23-26-21-6-4-5-7-22(21)28(23)24(19)27/h4-11,15H,12-13H2,1-3H3. The van der Waals surface area contributed by atoms with Gasteiger partial charge in [-0.3, -0.25) is 4.40 Å². The highest BCUT2D eigenvalue weighted by molar-refractivity contribution is 5.88. The van der Waals surface area contributed by atoms with E-state index < -0.39 is 0 Å². The van der Waals surface area contributed by atoms with E-state index in [0.29, 0.717) is 11.5 Å². The molecule has 0 aliphatic carbocycles. The van der Waals surface area contributed by atoms with E-state index >= 15 is 0 Å². The zero-order valence-corrected chi connectivity index (χ0v) is 16.4. The molecule has 0 radical (unpaired) electrons. The van der Waals surface area contributed by atoms with E-state index in [-0.39, 0.29) is 0 Å². The number of anilines is 2. The van der Waals surface area contributed by atoms with Gasteiger partial charge in [0.05, 0.1) is 16.6 Å². The molecule has 0 saturated heterocycles. The molecule has 2 aromatic carbocycles. The first-order valence-electron chi connectivity index (χ1n) is 9.80. The minimum atomic E-state index is 0.518. The molecule has 4 nitrogen and oxygen atoms in total. The number of benzene rings is 2. The van der Waals surface area contributed by atoms with E-state index in [0.717, 1.165) is 41.0 Å². The van der Waals surface area contributed by atoms with E-state index in [4.69, 9.17) is 4.98 Å². The maximum absolute atomic E-state index is 9.82. The van der Waals surface area contributed by atoms with Crippen LogP contribution in [0.1, 0.15) is 42.0 Å². The van der Waals surface area contributed by atoms with Gasteiger partial charge in [-0.15, -0.1) is 0 Å². The van der Waals surface area contributed by atoms with Gasteiger partial charge >= 0.3 is 0 Å². The van der Waals surface area contributed by atoms with Gasteiger partial charge in [-0.2, -0.15) is 5.26 Å². The van der Waals surface area contributed by atoms with Gasteiger partial charge in [0.15, 0.2) is 5.65 Å². The zero-order valence-electron chi connectivity index (χ0n) is 16.4. The van der Waals surface area contributed by atoms with Crippen molar-refractivity contribution in [3.8, 4) is 6.07 Å². The summed E-state index contributed by atoms with van der Waals surface area (Å²) in [7, 11) is 0. The zero-order chi connectivity index (χ0) is 19.4. The molecule has 0 unspecified atom stereocenters. The number of rotatable bonds is 2. The molecule has 0 saturated carbocycles. The van der Waals surface area contributed by atoms with Gasteiger partial charge in [-0.1, -0.05) is 38.1 Å². The number of para-hydroxylation sites is 2. The molecule has 4 heteroatoms. The molecule has 0 fully saturated rings. The van der Waals surface area contributed by atoms with Gasteiger partial charge in [-0.25, -0.2) is 4.98 Å². The Labute approximate surface area is 164 Å². The van der Waals surface area contributed by atoms with Crippen LogP contribution in [0.3, 0.4) is 0 Å². The molecular weight excluding hydrogens is 344 g/mol. The monoisotopic (exact) mass is 366 g/mol. The molecule has 0 atom stereocenters. The van der Waals surface area contributed by atoms with Crippen molar-refractivity contribution in [1.82, 2.24) is 9.38 Å². The van der Waals surface area contributed by atoms with Crippen LogP contribution < -0.4 is 4.90 Å². The maximum atomic E-state index is 9.82. The Hall–Kier alpha value is -3.32. The quantitative estimate of drug-likeness (QED) is 0.471. The highest BCUT2D eigenvalue weighted by Gasteiger charge is 2.29. The molecule has 4 aromatic rings. The molecule has 1 aliphatic heterocycles. The van der Waals surface area contributed by atoms with Gasteiger partial charge in [0.1, 0.15) is 11.9 Å². The van der Waals surface area contributed by atoms with Crippen molar-refractivity contribution < 1.29 is 0 Å². The minimum absolute atomic E-state index is 0.518. The Morgan fingerprint density at radius 3 is 2.54 bits per heavy atom. The maximum Gasteiger partial charge on any atom is 0.157 e. The van der Waals surface area contributed by atoms with Gasteiger partial charge < -0.3 is 4.90 Å². The van der Waals surface area contributed by atoms with Crippen LogP contribution in [0, 0.1) is 18.3 Å². The SMILES string of the molecule is Cc1c2c(n3c(nc4ccccc43)c1C#N)N(c1ccc(C(C)C)cc1)CC2. The summed E-state index contributed by atoms with van der Waals surface area (Å²) in [5, 5.41) is 9.82. The van der Waals surface area contributed by atoms with Crippen LogP contribution in [0.4, 0.5) is 11.5 Å². The molecule has 3 heterocycles. The Bertz CT molecular complexity index is 1260.